The Morgan fingerprint density at radius 1 is 1.04 bits per heavy atom. The molecule has 6 heteroatoms. The van der Waals surface area contributed by atoms with Gasteiger partial charge in [0.05, 0.1) is 6.42 Å². The van der Waals surface area contributed by atoms with Crippen LogP contribution in [0.2, 0.25) is 0 Å². The number of hydrogen-bond acceptors (Lipinski definition) is 2. The minimum Gasteiger partial charge on any atom is -0.352 e. The van der Waals surface area contributed by atoms with Crippen molar-refractivity contribution in [2.75, 3.05) is 0 Å². The number of rotatable bonds is 8. The fourth-order valence-corrected chi connectivity index (χ4v) is 2.98. The number of nitrogens with one attached hydrogen (secondary N) is 1. The third kappa shape index (κ3) is 6.44. The van der Waals surface area contributed by atoms with Crippen molar-refractivity contribution in [1.82, 2.24) is 10.2 Å². The Bertz CT molecular complexity index is 793. The van der Waals surface area contributed by atoms with Crippen LogP contribution in [-0.2, 0) is 22.6 Å². The van der Waals surface area contributed by atoms with Gasteiger partial charge in [0, 0.05) is 17.1 Å². The van der Waals surface area contributed by atoms with Gasteiger partial charge in [0.15, 0.2) is 0 Å². The molecule has 0 saturated heterocycles. The predicted octanol–water partition coefficient (Wildman–Crippen LogP) is 4.46. The summed E-state index contributed by atoms with van der Waals surface area (Å²) in [5.41, 5.74) is 1.64. The molecule has 2 aromatic carbocycles. The van der Waals surface area contributed by atoms with Gasteiger partial charge in [0.25, 0.3) is 0 Å². The first-order chi connectivity index (χ1) is 13.3. The summed E-state index contributed by atoms with van der Waals surface area (Å²) in [4.78, 5) is 27.2. The van der Waals surface area contributed by atoms with E-state index in [1.165, 1.54) is 12.1 Å². The Hall–Kier alpha value is -2.21. The van der Waals surface area contributed by atoms with Crippen LogP contribution in [0.15, 0.2) is 53.0 Å². The Balaban J connectivity index is 2.20. The average Bonchev–Trinajstić information content (AvgIpc) is 2.68. The summed E-state index contributed by atoms with van der Waals surface area (Å²) in [6, 6.07) is 12.9. The first-order valence-corrected chi connectivity index (χ1v) is 10.2. The first kappa shape index (κ1) is 22.1. The first-order valence-electron chi connectivity index (χ1n) is 9.39. The number of carbonyl (C=O) groups excluding carboxylic acids is 2. The largest absolute Gasteiger partial charge is 0.352 e. The zero-order valence-electron chi connectivity index (χ0n) is 16.4. The molecule has 0 aliphatic carbocycles. The number of hydrogen-bond donors (Lipinski definition) is 1. The molecule has 0 fully saturated rings. The van der Waals surface area contributed by atoms with Gasteiger partial charge >= 0.3 is 0 Å². The summed E-state index contributed by atoms with van der Waals surface area (Å²) in [5.74, 6) is -0.704. The molecule has 4 nitrogen and oxygen atoms in total. The Morgan fingerprint density at radius 2 is 1.61 bits per heavy atom. The summed E-state index contributed by atoms with van der Waals surface area (Å²) in [6.07, 6.45) is 0.923. The van der Waals surface area contributed by atoms with Crippen molar-refractivity contribution in [3.05, 3.63) is 69.9 Å². The van der Waals surface area contributed by atoms with Gasteiger partial charge in [0.1, 0.15) is 11.9 Å². The van der Waals surface area contributed by atoms with Crippen LogP contribution in [0.5, 0.6) is 0 Å². The molecule has 0 radical (unpaired) electrons. The van der Waals surface area contributed by atoms with Crippen molar-refractivity contribution >= 4 is 27.7 Å². The van der Waals surface area contributed by atoms with Gasteiger partial charge in [-0.3, -0.25) is 9.59 Å². The number of amides is 2. The molecule has 0 unspecified atom stereocenters. The number of halogens is 2. The van der Waals surface area contributed by atoms with Crippen LogP contribution in [0.25, 0.3) is 0 Å². The lowest BCUT2D eigenvalue weighted by Crippen LogP contribution is -2.49. The van der Waals surface area contributed by atoms with Gasteiger partial charge in [0.2, 0.25) is 11.8 Å². The van der Waals surface area contributed by atoms with Gasteiger partial charge in [-0.25, -0.2) is 4.39 Å². The van der Waals surface area contributed by atoms with E-state index in [0.717, 1.165) is 16.5 Å². The van der Waals surface area contributed by atoms with Crippen molar-refractivity contribution in [2.24, 2.45) is 0 Å². The molecule has 0 aliphatic heterocycles. The molecule has 0 aromatic heterocycles. The van der Waals surface area contributed by atoms with E-state index in [4.69, 9.17) is 0 Å². The molecule has 0 bridgehead atoms. The van der Waals surface area contributed by atoms with E-state index in [-0.39, 0.29) is 30.1 Å². The maximum atomic E-state index is 13.1. The third-order valence-corrected chi connectivity index (χ3v) is 5.23. The molecular weight excluding hydrogens is 423 g/mol. The molecule has 0 heterocycles. The number of nitrogens with zero attached hydrogens (tertiary/aromatic N) is 1. The van der Waals surface area contributed by atoms with E-state index in [1.54, 1.807) is 24.0 Å². The zero-order chi connectivity index (χ0) is 20.7. The van der Waals surface area contributed by atoms with Crippen LogP contribution in [0.4, 0.5) is 4.39 Å². The maximum absolute atomic E-state index is 13.1. The van der Waals surface area contributed by atoms with Crippen LogP contribution in [0.3, 0.4) is 0 Å². The van der Waals surface area contributed by atoms with E-state index in [9.17, 15) is 14.0 Å². The summed E-state index contributed by atoms with van der Waals surface area (Å²) < 4.78 is 14.1. The Labute approximate surface area is 174 Å². The summed E-state index contributed by atoms with van der Waals surface area (Å²) in [6.45, 7) is 5.99. The second-order valence-corrected chi connectivity index (χ2v) is 7.86. The van der Waals surface area contributed by atoms with Crippen LogP contribution in [0.1, 0.15) is 38.3 Å². The average molecular weight is 449 g/mol. The van der Waals surface area contributed by atoms with Crippen molar-refractivity contribution in [3.63, 3.8) is 0 Å². The van der Waals surface area contributed by atoms with Gasteiger partial charge < -0.3 is 10.2 Å². The molecule has 28 heavy (non-hydrogen) atoms. The van der Waals surface area contributed by atoms with Crippen molar-refractivity contribution < 1.29 is 14.0 Å². The molecular formula is C22H26BrFN2O2. The standard InChI is InChI=1S/C22H26BrFN2O2/c1-4-15(2)25-22(28)16(3)26(14-18-5-9-19(23)10-6-18)21(27)13-17-7-11-20(24)12-8-17/h5-12,15-16H,4,13-14H2,1-3H3,(H,25,28)/t15-,16+/m0/s1. The Morgan fingerprint density at radius 3 is 2.18 bits per heavy atom. The van der Waals surface area contributed by atoms with Crippen molar-refractivity contribution in [1.29, 1.82) is 0 Å². The normalized spacial score (nSPS) is 12.9. The van der Waals surface area contributed by atoms with Gasteiger partial charge in [-0.1, -0.05) is 47.1 Å². The second kappa shape index (κ2) is 10.4. The van der Waals surface area contributed by atoms with Gasteiger partial charge in [-0.05, 0) is 55.7 Å². The van der Waals surface area contributed by atoms with Crippen LogP contribution in [-0.4, -0.2) is 28.8 Å². The molecule has 0 spiro atoms. The highest BCUT2D eigenvalue weighted by atomic mass is 79.9. The maximum Gasteiger partial charge on any atom is 0.242 e. The molecule has 150 valence electrons. The summed E-state index contributed by atoms with van der Waals surface area (Å²) >= 11 is 3.40. The summed E-state index contributed by atoms with van der Waals surface area (Å²) in [7, 11) is 0. The van der Waals surface area contributed by atoms with E-state index in [1.807, 2.05) is 38.1 Å². The molecule has 2 rings (SSSR count). The molecule has 0 aliphatic rings. The Kier molecular flexibility index (Phi) is 8.18. The minimum absolute atomic E-state index is 0.0386. The second-order valence-electron chi connectivity index (χ2n) is 6.95. The highest BCUT2D eigenvalue weighted by Gasteiger charge is 2.26. The topological polar surface area (TPSA) is 49.4 Å². The van der Waals surface area contributed by atoms with Crippen LogP contribution in [0, 0.1) is 5.82 Å². The van der Waals surface area contributed by atoms with Gasteiger partial charge in [-0.15, -0.1) is 0 Å². The quantitative estimate of drug-likeness (QED) is 0.647. The summed E-state index contributed by atoms with van der Waals surface area (Å²) in [5, 5.41) is 2.94. The molecule has 0 saturated carbocycles. The zero-order valence-corrected chi connectivity index (χ0v) is 18.0. The lowest BCUT2D eigenvalue weighted by molar-refractivity contribution is -0.140. The van der Waals surface area contributed by atoms with E-state index >= 15 is 0 Å². The molecule has 1 N–H and O–H groups in total. The van der Waals surface area contributed by atoms with Crippen LogP contribution >= 0.6 is 15.9 Å². The monoisotopic (exact) mass is 448 g/mol. The van der Waals surface area contributed by atoms with Crippen molar-refractivity contribution in [3.8, 4) is 0 Å². The fraction of sp³-hybridized carbons (Fsp3) is 0.364. The van der Waals surface area contributed by atoms with Crippen LogP contribution < -0.4 is 5.32 Å². The number of benzene rings is 2. The molecule has 2 amide bonds. The SMILES string of the molecule is CC[C@H](C)NC(=O)[C@@H](C)N(Cc1ccc(Br)cc1)C(=O)Cc1ccc(F)cc1. The lowest BCUT2D eigenvalue weighted by Gasteiger charge is -2.30. The van der Waals surface area contributed by atoms with E-state index in [0.29, 0.717) is 12.1 Å². The van der Waals surface area contributed by atoms with Gasteiger partial charge in [-0.2, -0.15) is 0 Å². The predicted molar refractivity (Wildman–Crippen MR) is 112 cm³/mol. The minimum atomic E-state index is -0.620. The highest BCUT2D eigenvalue weighted by molar-refractivity contribution is 9.10. The van der Waals surface area contributed by atoms with E-state index in [2.05, 4.69) is 21.2 Å². The van der Waals surface area contributed by atoms with Crippen molar-refractivity contribution in [2.45, 2.75) is 52.2 Å². The number of carbonyl (C=O) groups is 2. The smallest absolute Gasteiger partial charge is 0.242 e. The highest BCUT2D eigenvalue weighted by Crippen LogP contribution is 2.16. The molecule has 2 aromatic rings. The third-order valence-electron chi connectivity index (χ3n) is 4.70. The molecule has 2 atom stereocenters. The van der Waals surface area contributed by atoms with E-state index < -0.39 is 6.04 Å². The fourth-order valence-electron chi connectivity index (χ4n) is 2.71. The lowest BCUT2D eigenvalue weighted by atomic mass is 10.1.